The number of aryl methyl sites for hydroxylation is 1. The van der Waals surface area contributed by atoms with Gasteiger partial charge in [0.25, 0.3) is 5.91 Å². The standard InChI is InChI=1S/C14H18N2O4/c1-8-6-16(7-11(8)14(19)20-3)13(18)10-5-15-9(2)4-12(10)17/h4-5,8,11H,6-7H2,1-3H3,(H,15,17). The molecule has 2 heterocycles. The van der Waals surface area contributed by atoms with Gasteiger partial charge >= 0.3 is 5.97 Å². The van der Waals surface area contributed by atoms with Gasteiger partial charge in [-0.05, 0) is 12.8 Å². The fraction of sp³-hybridized carbons (Fsp3) is 0.500. The molecular weight excluding hydrogens is 260 g/mol. The molecule has 0 bridgehead atoms. The van der Waals surface area contributed by atoms with Crippen molar-refractivity contribution in [1.82, 2.24) is 9.88 Å². The number of amides is 1. The third kappa shape index (κ3) is 2.59. The quantitative estimate of drug-likeness (QED) is 0.802. The molecule has 0 spiro atoms. The zero-order chi connectivity index (χ0) is 14.9. The number of carbonyl (C=O) groups excluding carboxylic acids is 2. The van der Waals surface area contributed by atoms with Crippen molar-refractivity contribution in [2.75, 3.05) is 20.2 Å². The largest absolute Gasteiger partial charge is 0.469 e. The van der Waals surface area contributed by atoms with Crippen LogP contribution in [0.4, 0.5) is 0 Å². The Balaban J connectivity index is 2.19. The lowest BCUT2D eigenvalue weighted by Gasteiger charge is -2.15. The van der Waals surface area contributed by atoms with Crippen LogP contribution in [0, 0.1) is 18.8 Å². The van der Waals surface area contributed by atoms with Gasteiger partial charge in [0.2, 0.25) is 0 Å². The third-order valence-electron chi connectivity index (χ3n) is 3.69. The summed E-state index contributed by atoms with van der Waals surface area (Å²) in [7, 11) is 1.34. The number of pyridine rings is 1. The van der Waals surface area contributed by atoms with Crippen LogP contribution in [-0.4, -0.2) is 42.0 Å². The van der Waals surface area contributed by atoms with Crippen molar-refractivity contribution in [2.24, 2.45) is 11.8 Å². The highest BCUT2D eigenvalue weighted by Gasteiger charge is 2.38. The Morgan fingerprint density at radius 3 is 2.70 bits per heavy atom. The average molecular weight is 278 g/mol. The van der Waals surface area contributed by atoms with E-state index in [4.69, 9.17) is 4.74 Å². The van der Waals surface area contributed by atoms with Gasteiger partial charge in [0.1, 0.15) is 5.56 Å². The molecule has 108 valence electrons. The first kappa shape index (κ1) is 14.3. The van der Waals surface area contributed by atoms with Gasteiger partial charge in [-0.3, -0.25) is 14.4 Å². The van der Waals surface area contributed by atoms with E-state index >= 15 is 0 Å². The second-order valence-electron chi connectivity index (χ2n) is 5.21. The highest BCUT2D eigenvalue weighted by Crippen LogP contribution is 2.24. The van der Waals surface area contributed by atoms with Crippen molar-refractivity contribution < 1.29 is 14.3 Å². The minimum atomic E-state index is -0.343. The Labute approximate surface area is 116 Å². The molecule has 1 aliphatic heterocycles. The van der Waals surface area contributed by atoms with Gasteiger partial charge in [0.05, 0.1) is 13.0 Å². The van der Waals surface area contributed by atoms with E-state index in [0.29, 0.717) is 18.8 Å². The highest BCUT2D eigenvalue weighted by atomic mass is 16.5. The number of rotatable bonds is 2. The Morgan fingerprint density at radius 1 is 1.40 bits per heavy atom. The number of esters is 1. The second kappa shape index (κ2) is 5.48. The van der Waals surface area contributed by atoms with Gasteiger partial charge in [0, 0.05) is 31.0 Å². The Kier molecular flexibility index (Phi) is 3.92. The van der Waals surface area contributed by atoms with Crippen LogP contribution in [-0.2, 0) is 9.53 Å². The first-order valence-corrected chi connectivity index (χ1v) is 6.50. The number of nitrogens with zero attached hydrogens (tertiary/aromatic N) is 1. The van der Waals surface area contributed by atoms with Crippen LogP contribution < -0.4 is 5.43 Å². The molecule has 1 aromatic heterocycles. The van der Waals surface area contributed by atoms with Crippen LogP contribution in [0.2, 0.25) is 0 Å². The molecule has 0 saturated carbocycles. The molecule has 2 atom stereocenters. The highest BCUT2D eigenvalue weighted by molar-refractivity contribution is 5.94. The van der Waals surface area contributed by atoms with Gasteiger partial charge in [-0.25, -0.2) is 0 Å². The van der Waals surface area contributed by atoms with Crippen molar-refractivity contribution >= 4 is 11.9 Å². The van der Waals surface area contributed by atoms with E-state index in [1.165, 1.54) is 24.3 Å². The molecule has 1 aromatic rings. The fourth-order valence-corrected chi connectivity index (χ4v) is 2.50. The van der Waals surface area contributed by atoms with E-state index in [1.807, 2.05) is 6.92 Å². The van der Waals surface area contributed by atoms with Gasteiger partial charge in [-0.2, -0.15) is 0 Å². The molecule has 1 saturated heterocycles. The summed E-state index contributed by atoms with van der Waals surface area (Å²) in [6.45, 7) is 4.39. The number of H-pyrrole nitrogens is 1. The number of nitrogens with one attached hydrogen (secondary N) is 1. The number of aromatic amines is 1. The second-order valence-corrected chi connectivity index (χ2v) is 5.21. The van der Waals surface area contributed by atoms with Crippen molar-refractivity contribution in [3.63, 3.8) is 0 Å². The third-order valence-corrected chi connectivity index (χ3v) is 3.69. The lowest BCUT2D eigenvalue weighted by molar-refractivity contribution is -0.146. The topological polar surface area (TPSA) is 79.5 Å². The number of methoxy groups -OCH3 is 1. The molecule has 0 radical (unpaired) electrons. The van der Waals surface area contributed by atoms with E-state index < -0.39 is 0 Å². The summed E-state index contributed by atoms with van der Waals surface area (Å²) in [6, 6.07) is 1.39. The first-order chi connectivity index (χ1) is 9.43. The summed E-state index contributed by atoms with van der Waals surface area (Å²) >= 11 is 0. The zero-order valence-electron chi connectivity index (χ0n) is 11.8. The molecule has 20 heavy (non-hydrogen) atoms. The summed E-state index contributed by atoms with van der Waals surface area (Å²) in [4.78, 5) is 40.2. The van der Waals surface area contributed by atoms with Gasteiger partial charge in [-0.1, -0.05) is 6.92 Å². The minimum Gasteiger partial charge on any atom is -0.469 e. The number of likely N-dealkylation sites (tertiary alicyclic amines) is 1. The monoisotopic (exact) mass is 278 g/mol. The Morgan fingerprint density at radius 2 is 2.10 bits per heavy atom. The maximum Gasteiger partial charge on any atom is 0.310 e. The van der Waals surface area contributed by atoms with E-state index in [-0.39, 0.29) is 34.7 Å². The van der Waals surface area contributed by atoms with Crippen molar-refractivity contribution in [2.45, 2.75) is 13.8 Å². The van der Waals surface area contributed by atoms with Crippen molar-refractivity contribution in [3.05, 3.63) is 33.7 Å². The predicted octanol–water partition coefficient (Wildman–Crippen LogP) is 0.564. The summed E-state index contributed by atoms with van der Waals surface area (Å²) in [5, 5.41) is 0. The van der Waals surface area contributed by atoms with Crippen LogP contribution in [0.1, 0.15) is 23.0 Å². The maximum absolute atomic E-state index is 12.3. The van der Waals surface area contributed by atoms with Crippen molar-refractivity contribution in [1.29, 1.82) is 0 Å². The summed E-state index contributed by atoms with van der Waals surface area (Å²) in [5.74, 6) is -0.959. The van der Waals surface area contributed by atoms with E-state index in [0.717, 1.165) is 0 Å². The molecule has 1 fully saturated rings. The molecular formula is C14H18N2O4. The first-order valence-electron chi connectivity index (χ1n) is 6.50. The van der Waals surface area contributed by atoms with Gasteiger partial charge in [-0.15, -0.1) is 0 Å². The van der Waals surface area contributed by atoms with Crippen LogP contribution >= 0.6 is 0 Å². The lowest BCUT2D eigenvalue weighted by atomic mass is 9.99. The molecule has 2 unspecified atom stereocenters. The smallest absolute Gasteiger partial charge is 0.310 e. The molecule has 1 N–H and O–H groups in total. The average Bonchev–Trinajstić information content (AvgIpc) is 2.79. The molecule has 0 aromatic carbocycles. The summed E-state index contributed by atoms with van der Waals surface area (Å²) < 4.78 is 4.73. The van der Waals surface area contributed by atoms with Crippen LogP contribution in [0.25, 0.3) is 0 Å². The zero-order valence-corrected chi connectivity index (χ0v) is 11.8. The number of hydrogen-bond acceptors (Lipinski definition) is 4. The molecule has 2 rings (SSSR count). The fourth-order valence-electron chi connectivity index (χ4n) is 2.50. The number of aromatic nitrogens is 1. The molecule has 6 nitrogen and oxygen atoms in total. The van der Waals surface area contributed by atoms with E-state index in [2.05, 4.69) is 4.98 Å². The lowest BCUT2D eigenvalue weighted by Crippen LogP contribution is -2.33. The Hall–Kier alpha value is -2.11. The maximum atomic E-state index is 12.3. The minimum absolute atomic E-state index is 0.0240. The van der Waals surface area contributed by atoms with E-state index in [9.17, 15) is 14.4 Å². The molecule has 6 heteroatoms. The van der Waals surface area contributed by atoms with E-state index in [1.54, 1.807) is 6.92 Å². The number of hydrogen-bond donors (Lipinski definition) is 1. The van der Waals surface area contributed by atoms with Crippen LogP contribution in [0.15, 0.2) is 17.1 Å². The molecule has 1 aliphatic rings. The summed E-state index contributed by atoms with van der Waals surface area (Å²) in [6.07, 6.45) is 1.43. The molecule has 1 amide bonds. The number of carbonyl (C=O) groups is 2. The van der Waals surface area contributed by atoms with Crippen LogP contribution in [0.5, 0.6) is 0 Å². The van der Waals surface area contributed by atoms with Crippen molar-refractivity contribution in [3.8, 4) is 0 Å². The van der Waals surface area contributed by atoms with Gasteiger partial charge < -0.3 is 14.6 Å². The Bertz CT molecular complexity index is 593. The number of ether oxygens (including phenoxy) is 1. The molecule has 0 aliphatic carbocycles. The van der Waals surface area contributed by atoms with Gasteiger partial charge in [0.15, 0.2) is 5.43 Å². The predicted molar refractivity (Wildman–Crippen MR) is 72.4 cm³/mol. The van der Waals surface area contributed by atoms with Crippen LogP contribution in [0.3, 0.4) is 0 Å². The SMILES string of the molecule is COC(=O)C1CN(C(=O)c2c[nH]c(C)cc2=O)CC1C. The normalized spacial score (nSPS) is 21.9. The summed E-state index contributed by atoms with van der Waals surface area (Å²) in [5.41, 5.74) is 0.502.